The number of hydrogen-bond acceptors (Lipinski definition) is 13. The van der Waals surface area contributed by atoms with Crippen molar-refractivity contribution in [3.8, 4) is 5.75 Å². The van der Waals surface area contributed by atoms with Crippen LogP contribution >= 0.6 is 0 Å². The number of para-hydroxylation sites is 1. The molecule has 0 radical (unpaired) electrons. The topological polar surface area (TPSA) is 191 Å². The monoisotopic (exact) mass is 502 g/mol. The molecular formula is C22H30O13. The number of aliphatic hydroxyl groups is 5. The van der Waals surface area contributed by atoms with Crippen molar-refractivity contribution in [3.05, 3.63) is 30.3 Å². The molecule has 2 aliphatic rings. The maximum Gasteiger partial charge on any atom is 0.303 e. The third-order valence-electron chi connectivity index (χ3n) is 5.49. The number of benzene rings is 1. The lowest BCUT2D eigenvalue weighted by Gasteiger charge is -2.44. The number of rotatable bonds is 8. The van der Waals surface area contributed by atoms with Crippen LogP contribution in [0.5, 0.6) is 5.75 Å². The minimum atomic E-state index is -1.68. The van der Waals surface area contributed by atoms with Gasteiger partial charge in [-0.1, -0.05) is 18.2 Å². The fraction of sp³-hybridized carbons (Fsp3) is 0.636. The summed E-state index contributed by atoms with van der Waals surface area (Å²) >= 11 is 0. The fourth-order valence-corrected chi connectivity index (χ4v) is 3.79. The van der Waals surface area contributed by atoms with Crippen LogP contribution in [-0.2, 0) is 33.3 Å². The number of carbonyl (C=O) groups excluding carboxylic acids is 2. The fourth-order valence-electron chi connectivity index (χ4n) is 3.79. The maximum absolute atomic E-state index is 11.7. The number of ether oxygens (including phenoxy) is 6. The van der Waals surface area contributed by atoms with Gasteiger partial charge >= 0.3 is 11.9 Å². The van der Waals surface area contributed by atoms with Crippen LogP contribution in [0.3, 0.4) is 0 Å². The van der Waals surface area contributed by atoms with E-state index in [-0.39, 0.29) is 0 Å². The predicted molar refractivity (Wildman–Crippen MR) is 113 cm³/mol. The van der Waals surface area contributed by atoms with E-state index in [9.17, 15) is 35.1 Å². The second-order valence-corrected chi connectivity index (χ2v) is 8.14. The predicted octanol–water partition coefficient (Wildman–Crippen LogP) is -2.17. The first-order chi connectivity index (χ1) is 16.6. The second-order valence-electron chi connectivity index (χ2n) is 8.14. The summed E-state index contributed by atoms with van der Waals surface area (Å²) in [5.41, 5.74) is 0. The normalized spacial score (nSPS) is 37.3. The summed E-state index contributed by atoms with van der Waals surface area (Å²) in [7, 11) is 0. The minimum Gasteiger partial charge on any atom is -0.461 e. The van der Waals surface area contributed by atoms with Crippen LogP contribution in [0.15, 0.2) is 30.3 Å². The van der Waals surface area contributed by atoms with E-state index in [0.717, 1.165) is 13.8 Å². The third-order valence-corrected chi connectivity index (χ3v) is 5.49. The van der Waals surface area contributed by atoms with Crippen molar-refractivity contribution in [2.45, 2.75) is 75.3 Å². The van der Waals surface area contributed by atoms with E-state index in [2.05, 4.69) is 0 Å². The van der Waals surface area contributed by atoms with Crippen molar-refractivity contribution in [1.29, 1.82) is 0 Å². The van der Waals surface area contributed by atoms with E-state index in [1.165, 1.54) is 0 Å². The average molecular weight is 502 g/mol. The molecule has 2 saturated heterocycles. The van der Waals surface area contributed by atoms with Gasteiger partial charge in [0, 0.05) is 13.8 Å². The Hall–Kier alpha value is -2.36. The molecule has 196 valence electrons. The lowest BCUT2D eigenvalue weighted by atomic mass is 9.98. The molecule has 0 aliphatic carbocycles. The van der Waals surface area contributed by atoms with Crippen molar-refractivity contribution >= 4 is 11.9 Å². The molecule has 0 amide bonds. The first-order valence-corrected chi connectivity index (χ1v) is 10.9. The van der Waals surface area contributed by atoms with E-state index in [4.69, 9.17) is 28.4 Å². The van der Waals surface area contributed by atoms with Crippen LogP contribution in [0.4, 0.5) is 0 Å². The van der Waals surface area contributed by atoms with Gasteiger partial charge < -0.3 is 54.0 Å². The highest BCUT2D eigenvalue weighted by molar-refractivity contribution is 5.67. The largest absolute Gasteiger partial charge is 0.461 e. The van der Waals surface area contributed by atoms with Gasteiger partial charge in [0.1, 0.15) is 42.4 Å². The molecule has 10 atom stereocenters. The average Bonchev–Trinajstić information content (AvgIpc) is 2.82. The first kappa shape index (κ1) is 27.2. The van der Waals surface area contributed by atoms with Gasteiger partial charge in [-0.05, 0) is 12.1 Å². The Balaban J connectivity index is 1.79. The molecule has 0 aromatic heterocycles. The summed E-state index contributed by atoms with van der Waals surface area (Å²) in [6.45, 7) is 1.12. The Bertz CT molecular complexity index is 834. The van der Waals surface area contributed by atoms with Gasteiger partial charge in [-0.2, -0.15) is 0 Å². The highest BCUT2D eigenvalue weighted by Gasteiger charge is 2.51. The number of hydrogen-bond donors (Lipinski definition) is 5. The zero-order valence-electron chi connectivity index (χ0n) is 19.1. The summed E-state index contributed by atoms with van der Waals surface area (Å²) in [6.07, 6.45) is -14.5. The second kappa shape index (κ2) is 12.1. The molecular weight excluding hydrogens is 472 g/mol. The van der Waals surface area contributed by atoms with Crippen molar-refractivity contribution in [2.24, 2.45) is 0 Å². The number of carbonyl (C=O) groups is 2. The van der Waals surface area contributed by atoms with Crippen LogP contribution in [-0.4, -0.2) is 112 Å². The molecule has 3 rings (SSSR count). The van der Waals surface area contributed by atoms with E-state index in [1.54, 1.807) is 30.3 Å². The standard InChI is InChI=1S/C22H30O13/c1-10(24)31-19-16(27)14(9-30-21-18(29)17(28)15(26)13(8-23)34-21)35-22(20(19)32-11(2)25)33-12-6-4-3-5-7-12/h3-7,13-23,26-29H,8-9H2,1-2H3/t13-,14-,15+,16-,17+,18-,19+,20-,21+,22-/m1/s1. The van der Waals surface area contributed by atoms with Crippen molar-refractivity contribution in [2.75, 3.05) is 13.2 Å². The van der Waals surface area contributed by atoms with Crippen molar-refractivity contribution in [1.82, 2.24) is 0 Å². The number of esters is 2. The lowest BCUT2D eigenvalue weighted by Crippen LogP contribution is -2.63. The van der Waals surface area contributed by atoms with Gasteiger partial charge in [0.2, 0.25) is 12.4 Å². The Morgan fingerprint density at radius 2 is 1.40 bits per heavy atom. The molecule has 2 fully saturated rings. The van der Waals surface area contributed by atoms with Gasteiger partial charge in [-0.25, -0.2) is 0 Å². The zero-order valence-corrected chi connectivity index (χ0v) is 19.1. The Morgan fingerprint density at radius 1 is 0.800 bits per heavy atom. The highest BCUT2D eigenvalue weighted by atomic mass is 16.7. The Labute approximate surface area is 200 Å². The van der Waals surface area contributed by atoms with Crippen LogP contribution in [0.2, 0.25) is 0 Å². The molecule has 13 nitrogen and oxygen atoms in total. The van der Waals surface area contributed by atoms with Gasteiger partial charge in [0.05, 0.1) is 13.2 Å². The van der Waals surface area contributed by atoms with E-state index < -0.39 is 86.6 Å². The van der Waals surface area contributed by atoms with Crippen LogP contribution in [0.1, 0.15) is 13.8 Å². The van der Waals surface area contributed by atoms with Crippen molar-refractivity contribution < 1.29 is 63.5 Å². The van der Waals surface area contributed by atoms with E-state index >= 15 is 0 Å². The quantitative estimate of drug-likeness (QED) is 0.242. The summed E-state index contributed by atoms with van der Waals surface area (Å²) in [5, 5.41) is 50.2. The maximum atomic E-state index is 11.7. The van der Waals surface area contributed by atoms with Gasteiger partial charge in [-0.15, -0.1) is 0 Å². The minimum absolute atomic E-state index is 0.334. The molecule has 0 saturated carbocycles. The molecule has 2 heterocycles. The van der Waals surface area contributed by atoms with Gasteiger partial charge in [0.25, 0.3) is 0 Å². The summed E-state index contributed by atoms with van der Waals surface area (Å²) in [5.74, 6) is -1.16. The summed E-state index contributed by atoms with van der Waals surface area (Å²) in [4.78, 5) is 23.5. The third kappa shape index (κ3) is 6.65. The van der Waals surface area contributed by atoms with E-state index in [0.29, 0.717) is 5.75 Å². The molecule has 1 aromatic carbocycles. The van der Waals surface area contributed by atoms with Gasteiger partial charge in [-0.3, -0.25) is 9.59 Å². The molecule has 13 heteroatoms. The van der Waals surface area contributed by atoms with Crippen LogP contribution < -0.4 is 4.74 Å². The summed E-state index contributed by atoms with van der Waals surface area (Å²) in [6, 6.07) is 8.36. The molecule has 35 heavy (non-hydrogen) atoms. The van der Waals surface area contributed by atoms with Crippen molar-refractivity contribution in [3.63, 3.8) is 0 Å². The first-order valence-electron chi connectivity index (χ1n) is 10.9. The molecule has 0 spiro atoms. The highest BCUT2D eigenvalue weighted by Crippen LogP contribution is 2.30. The Morgan fingerprint density at radius 3 is 2.00 bits per heavy atom. The lowest BCUT2D eigenvalue weighted by molar-refractivity contribution is -0.324. The Kier molecular flexibility index (Phi) is 9.38. The molecule has 1 aromatic rings. The molecule has 0 unspecified atom stereocenters. The van der Waals surface area contributed by atoms with Crippen LogP contribution in [0, 0.1) is 0 Å². The SMILES string of the molecule is CC(=O)O[C@H]1[C@H](Oc2ccccc2)O[C@H](CO[C@H]2O[C@H](CO)[C@H](O)[C@H](O)[C@H]2O)[C@@H](O)[C@@H]1OC(C)=O. The molecule has 5 N–H and O–H groups in total. The molecule has 0 bridgehead atoms. The number of aliphatic hydroxyl groups excluding tert-OH is 5. The molecule has 2 aliphatic heterocycles. The van der Waals surface area contributed by atoms with Gasteiger partial charge in [0.15, 0.2) is 12.4 Å². The smallest absolute Gasteiger partial charge is 0.303 e. The zero-order chi connectivity index (χ0) is 25.7. The summed E-state index contributed by atoms with van der Waals surface area (Å²) < 4.78 is 32.8. The van der Waals surface area contributed by atoms with Crippen LogP contribution in [0.25, 0.3) is 0 Å². The van der Waals surface area contributed by atoms with E-state index in [1.807, 2.05) is 0 Å².